The average Bonchev–Trinajstić information content (AvgIpc) is 3.50. The summed E-state index contributed by atoms with van der Waals surface area (Å²) >= 11 is 3.78. The molecule has 0 aliphatic carbocycles. The first-order valence-electron chi connectivity index (χ1n) is 15.6. The van der Waals surface area contributed by atoms with Crippen molar-refractivity contribution in [1.82, 2.24) is 20.2 Å². The van der Waals surface area contributed by atoms with E-state index in [1.807, 2.05) is 41.7 Å². The smallest absolute Gasteiger partial charge is 0.279 e. The van der Waals surface area contributed by atoms with Crippen molar-refractivity contribution in [1.29, 1.82) is 0 Å². The van der Waals surface area contributed by atoms with Gasteiger partial charge < -0.3 is 19.9 Å². The molecule has 48 heavy (non-hydrogen) atoms. The normalized spacial score (nSPS) is 14.9. The number of hydrogen-bond acceptors (Lipinski definition) is 10. The molecular formula is C33H41N5O6S4. The number of fused-ring (bicyclic) bond motifs is 1. The summed E-state index contributed by atoms with van der Waals surface area (Å²) in [5, 5.41) is 3.70. The quantitative estimate of drug-likeness (QED) is 0.140. The highest BCUT2D eigenvalue weighted by Crippen LogP contribution is 2.32. The molecule has 2 aromatic heterocycles. The Morgan fingerprint density at radius 3 is 2.58 bits per heavy atom. The number of amides is 1. The first-order chi connectivity index (χ1) is 23.0. The van der Waals surface area contributed by atoms with Gasteiger partial charge in [0, 0.05) is 72.6 Å². The number of rotatable bonds is 16. The number of aromatic nitrogens is 2. The fourth-order valence-corrected chi connectivity index (χ4v) is 9.30. The van der Waals surface area contributed by atoms with Crippen LogP contribution >= 0.6 is 23.5 Å². The van der Waals surface area contributed by atoms with Gasteiger partial charge in [0.1, 0.15) is 21.3 Å². The molecule has 1 atom stereocenters. The van der Waals surface area contributed by atoms with Gasteiger partial charge in [-0.1, -0.05) is 36.4 Å². The molecule has 1 aliphatic heterocycles. The predicted octanol–water partition coefficient (Wildman–Crippen LogP) is 4.57. The second-order valence-corrected chi connectivity index (χ2v) is 18.1. The first-order valence-corrected chi connectivity index (χ1v) is 21.4. The van der Waals surface area contributed by atoms with Crippen LogP contribution in [0.1, 0.15) is 28.0 Å². The Bertz CT molecular complexity index is 1910. The molecule has 1 unspecified atom stereocenters. The van der Waals surface area contributed by atoms with E-state index in [-0.39, 0.29) is 46.3 Å². The standard InChI is InChI=1S/C33H41N5O6S4/c1-24-8-6-11-34-33(24)48(42,43)37-29-20-27(44-14-7-17-47(2,40)41)18-26-19-30(36-31(26)29)32(39)35-21-28(22-38-12-15-45-16-13-38)46-23-25-9-4-3-5-10-25/h3-6,8-11,18-20,28,36-37H,7,12-17,21-23H2,1-2H3,(H,35,39). The summed E-state index contributed by atoms with van der Waals surface area (Å²) in [4.78, 5) is 23.2. The van der Waals surface area contributed by atoms with Crippen LogP contribution in [0.3, 0.4) is 0 Å². The van der Waals surface area contributed by atoms with Gasteiger partial charge in [-0.25, -0.2) is 13.4 Å². The van der Waals surface area contributed by atoms with Gasteiger partial charge in [-0.2, -0.15) is 31.9 Å². The number of H-pyrrole nitrogens is 1. The fourth-order valence-electron chi connectivity index (χ4n) is 5.30. The van der Waals surface area contributed by atoms with E-state index in [1.165, 1.54) is 17.8 Å². The van der Waals surface area contributed by atoms with Crippen molar-refractivity contribution >= 4 is 65.9 Å². The zero-order chi connectivity index (χ0) is 34.1. The summed E-state index contributed by atoms with van der Waals surface area (Å²) in [6.07, 6.45) is 2.84. The Kier molecular flexibility index (Phi) is 12.3. The van der Waals surface area contributed by atoms with Crippen molar-refractivity contribution in [3.8, 4) is 5.75 Å². The van der Waals surface area contributed by atoms with Crippen molar-refractivity contribution in [3.05, 3.63) is 83.7 Å². The number of carbonyl (C=O) groups is 1. The lowest BCUT2D eigenvalue weighted by Crippen LogP contribution is -2.42. The minimum Gasteiger partial charge on any atom is -0.493 e. The number of sulfone groups is 1. The lowest BCUT2D eigenvalue weighted by molar-refractivity contribution is 0.0948. The monoisotopic (exact) mass is 731 g/mol. The SMILES string of the molecule is Cc1cccnc1S(=O)(=O)Nc1cc(OCCCS(C)(=O)=O)cc2cc(C(=O)NCC(CN3CCSCC3)SCc3ccccc3)[nH]c12. The van der Waals surface area contributed by atoms with Crippen molar-refractivity contribution in [2.24, 2.45) is 0 Å². The molecule has 0 saturated carbocycles. The van der Waals surface area contributed by atoms with Gasteiger partial charge in [0.25, 0.3) is 15.9 Å². The van der Waals surface area contributed by atoms with E-state index in [0.29, 0.717) is 28.8 Å². The molecule has 1 saturated heterocycles. The van der Waals surface area contributed by atoms with Crippen molar-refractivity contribution in [2.45, 2.75) is 29.4 Å². The van der Waals surface area contributed by atoms with Crippen LogP contribution in [0.15, 0.2) is 71.9 Å². The molecule has 3 N–H and O–H groups in total. The highest BCUT2D eigenvalue weighted by Gasteiger charge is 2.23. The lowest BCUT2D eigenvalue weighted by atomic mass is 10.2. The molecule has 1 fully saturated rings. The maximum absolute atomic E-state index is 13.5. The number of sulfonamides is 1. The Labute approximate surface area is 291 Å². The molecule has 11 nitrogen and oxygen atoms in total. The average molecular weight is 732 g/mol. The van der Waals surface area contributed by atoms with Gasteiger partial charge in [0.05, 0.1) is 23.6 Å². The highest BCUT2D eigenvalue weighted by atomic mass is 32.2. The third-order valence-corrected chi connectivity index (χ3v) is 12.4. The maximum atomic E-state index is 13.5. The van der Waals surface area contributed by atoms with Crippen LogP contribution in [0.2, 0.25) is 0 Å². The third kappa shape index (κ3) is 10.4. The van der Waals surface area contributed by atoms with Gasteiger partial charge in [-0.15, -0.1) is 0 Å². The highest BCUT2D eigenvalue weighted by molar-refractivity contribution is 7.99. The summed E-state index contributed by atoms with van der Waals surface area (Å²) in [6, 6.07) is 18.5. The van der Waals surface area contributed by atoms with E-state index in [2.05, 4.69) is 37.0 Å². The predicted molar refractivity (Wildman–Crippen MR) is 196 cm³/mol. The first kappa shape index (κ1) is 36.1. The second-order valence-electron chi connectivity index (χ2n) is 11.7. The van der Waals surface area contributed by atoms with Gasteiger partial charge in [0.2, 0.25) is 0 Å². The zero-order valence-corrected chi connectivity index (χ0v) is 30.2. The van der Waals surface area contributed by atoms with Crippen molar-refractivity contribution < 1.29 is 26.4 Å². The van der Waals surface area contributed by atoms with Gasteiger partial charge >= 0.3 is 0 Å². The molecular weight excluding hydrogens is 691 g/mol. The van der Waals surface area contributed by atoms with E-state index in [0.717, 1.165) is 43.1 Å². The van der Waals surface area contributed by atoms with E-state index in [9.17, 15) is 21.6 Å². The van der Waals surface area contributed by atoms with E-state index < -0.39 is 19.9 Å². The number of ether oxygens (including phenoxy) is 1. The zero-order valence-electron chi connectivity index (χ0n) is 27.0. The molecule has 0 radical (unpaired) electrons. The second kappa shape index (κ2) is 16.4. The van der Waals surface area contributed by atoms with Gasteiger partial charge in [-0.3, -0.25) is 9.52 Å². The summed E-state index contributed by atoms with van der Waals surface area (Å²) in [5.41, 5.74) is 2.56. The van der Waals surface area contributed by atoms with Crippen LogP contribution in [0.4, 0.5) is 5.69 Å². The number of aromatic amines is 1. The number of hydrogen-bond donors (Lipinski definition) is 3. The Balaban J connectivity index is 1.36. The van der Waals surface area contributed by atoms with Crippen LogP contribution in [-0.2, 0) is 25.6 Å². The number of anilines is 1. The number of thioether (sulfide) groups is 2. The third-order valence-electron chi connectivity index (χ3n) is 7.72. The number of nitrogens with zero attached hydrogens (tertiary/aromatic N) is 2. The maximum Gasteiger partial charge on any atom is 0.279 e. The van der Waals surface area contributed by atoms with E-state index in [4.69, 9.17) is 4.74 Å². The number of pyridine rings is 1. The molecule has 4 aromatic rings. The number of carbonyl (C=O) groups excluding carboxylic acids is 1. The fraction of sp³-hybridized carbons (Fsp3) is 0.394. The summed E-state index contributed by atoms with van der Waals surface area (Å²) < 4.78 is 58.4. The number of aryl methyl sites for hydroxylation is 1. The Morgan fingerprint density at radius 2 is 1.85 bits per heavy atom. The lowest BCUT2D eigenvalue weighted by Gasteiger charge is -2.30. The van der Waals surface area contributed by atoms with E-state index in [1.54, 1.807) is 31.2 Å². The molecule has 2 aromatic carbocycles. The van der Waals surface area contributed by atoms with Gasteiger partial charge in [0.15, 0.2) is 5.03 Å². The van der Waals surface area contributed by atoms with Crippen molar-refractivity contribution in [3.63, 3.8) is 0 Å². The number of benzene rings is 2. The van der Waals surface area contributed by atoms with E-state index >= 15 is 0 Å². The molecule has 1 aliphatic rings. The topological polar surface area (TPSA) is 151 Å². The molecule has 1 amide bonds. The Morgan fingerprint density at radius 1 is 1.08 bits per heavy atom. The summed E-state index contributed by atoms with van der Waals surface area (Å²) in [7, 11) is -7.26. The number of nitrogens with one attached hydrogen (secondary N) is 3. The van der Waals surface area contributed by atoms with Crippen molar-refractivity contribution in [2.75, 3.05) is 61.0 Å². The molecule has 5 rings (SSSR count). The minimum atomic E-state index is -4.10. The van der Waals surface area contributed by atoms with Gasteiger partial charge in [-0.05, 0) is 42.7 Å². The van der Waals surface area contributed by atoms with Crippen LogP contribution in [0.25, 0.3) is 10.9 Å². The molecule has 15 heteroatoms. The Hall–Kier alpha value is -3.24. The van der Waals surface area contributed by atoms with Crippen LogP contribution in [0.5, 0.6) is 5.75 Å². The van der Waals surface area contributed by atoms with Crippen LogP contribution < -0.4 is 14.8 Å². The van der Waals surface area contributed by atoms with Crippen LogP contribution in [0, 0.1) is 6.92 Å². The minimum absolute atomic E-state index is 0.0382. The summed E-state index contributed by atoms with van der Waals surface area (Å²) in [6.45, 7) is 5.15. The largest absolute Gasteiger partial charge is 0.493 e. The summed E-state index contributed by atoms with van der Waals surface area (Å²) in [5.74, 6) is 3.02. The molecule has 258 valence electrons. The molecule has 0 bridgehead atoms. The molecule has 3 heterocycles. The molecule has 0 spiro atoms. The van der Waals surface area contributed by atoms with Crippen LogP contribution in [-0.4, -0.2) is 99.2 Å².